The van der Waals surface area contributed by atoms with Gasteiger partial charge in [0.2, 0.25) is 5.91 Å². The summed E-state index contributed by atoms with van der Waals surface area (Å²) in [6.07, 6.45) is 4.56. The maximum absolute atomic E-state index is 14.1. The summed E-state index contributed by atoms with van der Waals surface area (Å²) in [6, 6.07) is 21.0. The number of benzene rings is 3. The Morgan fingerprint density at radius 1 is 0.973 bits per heavy atom. The lowest BCUT2D eigenvalue weighted by molar-refractivity contribution is -0.114. The molecular weight excluding hydrogens is 488 g/mol. The first-order chi connectivity index (χ1) is 17.8. The Labute approximate surface area is 214 Å². The van der Waals surface area contributed by atoms with Gasteiger partial charge < -0.3 is 5.32 Å². The van der Waals surface area contributed by atoms with Gasteiger partial charge in [0.15, 0.2) is 0 Å². The molecule has 0 fully saturated rings. The number of hydrogen-bond acceptors (Lipinski definition) is 6. The Morgan fingerprint density at radius 3 is 2.49 bits per heavy atom. The molecule has 0 aliphatic rings. The zero-order chi connectivity index (χ0) is 26.0. The zero-order valence-electron chi connectivity index (χ0n) is 20.2. The summed E-state index contributed by atoms with van der Waals surface area (Å²) in [6.45, 7) is 3.33. The van der Waals surface area contributed by atoms with Crippen LogP contribution in [0.4, 0.5) is 11.4 Å². The van der Waals surface area contributed by atoms with Gasteiger partial charge in [-0.2, -0.15) is 5.10 Å². The molecule has 0 aliphatic heterocycles. The SMILES string of the molecule is Cc1cccc(N(CC(=O)Nc2ccc(-n3cncn3)cc2)S(=O)(=O)c2cccc3cccnc23)c1C. The van der Waals surface area contributed by atoms with Crippen molar-refractivity contribution < 1.29 is 13.2 Å². The number of fused-ring (bicyclic) bond motifs is 1. The first-order valence-electron chi connectivity index (χ1n) is 11.5. The number of anilines is 2. The van der Waals surface area contributed by atoms with E-state index in [2.05, 4.69) is 20.4 Å². The highest BCUT2D eigenvalue weighted by molar-refractivity contribution is 7.93. The summed E-state index contributed by atoms with van der Waals surface area (Å²) >= 11 is 0. The van der Waals surface area contributed by atoms with Crippen molar-refractivity contribution in [1.29, 1.82) is 0 Å². The monoisotopic (exact) mass is 512 g/mol. The predicted molar refractivity (Wildman–Crippen MR) is 142 cm³/mol. The van der Waals surface area contributed by atoms with Crippen LogP contribution in [0.15, 0.2) is 96.5 Å². The van der Waals surface area contributed by atoms with Crippen LogP contribution in [0.25, 0.3) is 16.6 Å². The summed E-state index contributed by atoms with van der Waals surface area (Å²) in [7, 11) is -4.15. The van der Waals surface area contributed by atoms with E-state index in [0.717, 1.165) is 21.1 Å². The van der Waals surface area contributed by atoms with Crippen molar-refractivity contribution in [2.24, 2.45) is 0 Å². The molecule has 0 saturated heterocycles. The lowest BCUT2D eigenvalue weighted by Gasteiger charge is -2.26. The van der Waals surface area contributed by atoms with Gasteiger partial charge in [-0.05, 0) is 67.4 Å². The van der Waals surface area contributed by atoms with Crippen LogP contribution in [-0.2, 0) is 14.8 Å². The van der Waals surface area contributed by atoms with Crippen LogP contribution in [0.3, 0.4) is 0 Å². The second-order valence-electron chi connectivity index (χ2n) is 8.50. The van der Waals surface area contributed by atoms with E-state index in [9.17, 15) is 13.2 Å². The minimum atomic E-state index is -4.15. The van der Waals surface area contributed by atoms with Crippen molar-refractivity contribution in [3.63, 3.8) is 0 Å². The van der Waals surface area contributed by atoms with E-state index in [0.29, 0.717) is 22.3 Å². The molecule has 2 heterocycles. The molecule has 0 spiro atoms. The van der Waals surface area contributed by atoms with E-state index in [-0.39, 0.29) is 4.90 Å². The predicted octanol–water partition coefficient (Wildman–Crippen LogP) is 4.27. The minimum Gasteiger partial charge on any atom is -0.325 e. The molecule has 186 valence electrons. The molecule has 0 atom stereocenters. The number of pyridine rings is 1. The molecule has 0 unspecified atom stereocenters. The van der Waals surface area contributed by atoms with E-state index in [1.807, 2.05) is 19.9 Å². The largest absolute Gasteiger partial charge is 0.325 e. The van der Waals surface area contributed by atoms with E-state index >= 15 is 0 Å². The third kappa shape index (κ3) is 4.78. The van der Waals surface area contributed by atoms with E-state index in [4.69, 9.17) is 0 Å². The third-order valence-electron chi connectivity index (χ3n) is 6.13. The molecule has 2 aromatic heterocycles. The number of para-hydroxylation sites is 1. The van der Waals surface area contributed by atoms with E-state index in [1.165, 1.54) is 12.4 Å². The number of nitrogens with zero attached hydrogens (tertiary/aromatic N) is 5. The molecule has 5 rings (SSSR count). The Balaban J connectivity index is 1.49. The fraction of sp³-hybridized carbons (Fsp3) is 0.111. The molecule has 5 aromatic rings. The van der Waals surface area contributed by atoms with Crippen LogP contribution in [0.1, 0.15) is 11.1 Å². The number of hydrogen-bond donors (Lipinski definition) is 1. The van der Waals surface area contributed by atoms with Gasteiger partial charge in [0, 0.05) is 17.3 Å². The van der Waals surface area contributed by atoms with Crippen molar-refractivity contribution in [3.8, 4) is 5.69 Å². The second kappa shape index (κ2) is 9.82. The lowest BCUT2D eigenvalue weighted by atomic mass is 10.1. The van der Waals surface area contributed by atoms with Gasteiger partial charge in [-0.15, -0.1) is 0 Å². The van der Waals surface area contributed by atoms with Gasteiger partial charge in [0.05, 0.1) is 16.9 Å². The maximum Gasteiger partial charge on any atom is 0.266 e. The number of nitrogens with one attached hydrogen (secondary N) is 1. The molecule has 0 aliphatic carbocycles. The Morgan fingerprint density at radius 2 is 1.73 bits per heavy atom. The Hall–Kier alpha value is -4.57. The van der Waals surface area contributed by atoms with Crippen molar-refractivity contribution in [2.75, 3.05) is 16.2 Å². The lowest BCUT2D eigenvalue weighted by Crippen LogP contribution is -2.38. The highest BCUT2D eigenvalue weighted by atomic mass is 32.2. The summed E-state index contributed by atoms with van der Waals surface area (Å²) in [4.78, 5) is 21.5. The second-order valence-corrected chi connectivity index (χ2v) is 10.3. The van der Waals surface area contributed by atoms with Crippen molar-refractivity contribution in [1.82, 2.24) is 19.7 Å². The van der Waals surface area contributed by atoms with Crippen LogP contribution in [0.2, 0.25) is 0 Å². The summed E-state index contributed by atoms with van der Waals surface area (Å²) in [5.74, 6) is -0.480. The molecule has 37 heavy (non-hydrogen) atoms. The first-order valence-corrected chi connectivity index (χ1v) is 13.0. The zero-order valence-corrected chi connectivity index (χ0v) is 21.1. The average Bonchev–Trinajstić information content (AvgIpc) is 3.44. The fourth-order valence-corrected chi connectivity index (χ4v) is 5.73. The average molecular weight is 513 g/mol. The van der Waals surface area contributed by atoms with Gasteiger partial charge in [-0.25, -0.2) is 18.1 Å². The molecule has 10 heteroatoms. The summed E-state index contributed by atoms with van der Waals surface area (Å²) in [5, 5.41) is 7.58. The molecule has 0 radical (unpaired) electrons. The third-order valence-corrected chi connectivity index (χ3v) is 7.92. The molecule has 3 aromatic carbocycles. The van der Waals surface area contributed by atoms with Crippen LogP contribution in [0.5, 0.6) is 0 Å². The number of sulfonamides is 1. The molecule has 0 saturated carbocycles. The first kappa shape index (κ1) is 24.1. The number of aromatic nitrogens is 4. The van der Waals surface area contributed by atoms with Gasteiger partial charge in [0.25, 0.3) is 10.0 Å². The summed E-state index contributed by atoms with van der Waals surface area (Å²) in [5.41, 5.74) is 3.77. The number of carbonyl (C=O) groups is 1. The number of rotatable bonds is 7. The van der Waals surface area contributed by atoms with Gasteiger partial charge in [-0.3, -0.25) is 14.1 Å². The van der Waals surface area contributed by atoms with Crippen LogP contribution < -0.4 is 9.62 Å². The van der Waals surface area contributed by atoms with Gasteiger partial charge in [0.1, 0.15) is 24.1 Å². The highest BCUT2D eigenvalue weighted by Crippen LogP contribution is 2.31. The molecule has 9 nitrogen and oxygen atoms in total. The fourth-order valence-electron chi connectivity index (χ4n) is 4.08. The molecule has 1 amide bonds. The number of carbonyl (C=O) groups excluding carboxylic acids is 1. The quantitative estimate of drug-likeness (QED) is 0.349. The van der Waals surface area contributed by atoms with E-state index in [1.54, 1.807) is 77.9 Å². The smallest absolute Gasteiger partial charge is 0.266 e. The van der Waals surface area contributed by atoms with Crippen molar-refractivity contribution in [3.05, 3.63) is 103 Å². The normalized spacial score (nSPS) is 11.4. The van der Waals surface area contributed by atoms with E-state index < -0.39 is 22.5 Å². The highest BCUT2D eigenvalue weighted by Gasteiger charge is 2.30. The van der Waals surface area contributed by atoms with Crippen molar-refractivity contribution >= 4 is 38.2 Å². The summed E-state index contributed by atoms with van der Waals surface area (Å²) < 4.78 is 30.9. The molecular formula is C27H24N6O3S. The standard InChI is InChI=1S/C27H24N6O3S/c1-19-6-3-9-24(20(19)2)33(37(35,36)25-10-4-7-21-8-5-15-29-27(21)25)16-26(34)31-22-11-13-23(14-12-22)32-18-28-17-30-32/h3-15,17-18H,16H2,1-2H3,(H,31,34). The van der Waals surface area contributed by atoms with Crippen LogP contribution in [-0.4, -0.2) is 40.6 Å². The number of amides is 1. The van der Waals surface area contributed by atoms with Crippen LogP contribution >= 0.6 is 0 Å². The van der Waals surface area contributed by atoms with Gasteiger partial charge in [-0.1, -0.05) is 30.3 Å². The van der Waals surface area contributed by atoms with Crippen LogP contribution in [0, 0.1) is 13.8 Å². The minimum absolute atomic E-state index is 0.0384. The Bertz CT molecular complexity index is 1680. The van der Waals surface area contributed by atoms with Crippen molar-refractivity contribution in [2.45, 2.75) is 18.7 Å². The van der Waals surface area contributed by atoms with Gasteiger partial charge >= 0.3 is 0 Å². The maximum atomic E-state index is 14.1. The Kier molecular flexibility index (Phi) is 6.41. The topological polar surface area (TPSA) is 110 Å². The number of aryl methyl sites for hydroxylation is 1. The molecule has 0 bridgehead atoms. The molecule has 1 N–H and O–H groups in total.